The zero-order valence-corrected chi connectivity index (χ0v) is 11.6. The van der Waals surface area contributed by atoms with Crippen molar-refractivity contribution in [1.82, 2.24) is 5.32 Å². The monoisotopic (exact) mass is 228 g/mol. The molecule has 98 valence electrons. The number of nitrogens with one attached hydrogen (secondary N) is 1. The Balaban J connectivity index is 3.26. The first-order valence-corrected chi connectivity index (χ1v) is 7.09. The van der Waals surface area contributed by atoms with E-state index in [1.807, 2.05) is 0 Å². The van der Waals surface area contributed by atoms with E-state index in [0.29, 0.717) is 5.41 Å². The minimum atomic E-state index is 0.294. The molecule has 0 aliphatic carbocycles. The van der Waals surface area contributed by atoms with Crippen molar-refractivity contribution in [2.24, 2.45) is 11.1 Å². The quantitative estimate of drug-likeness (QED) is 0.532. The van der Waals surface area contributed by atoms with E-state index in [1.165, 1.54) is 38.5 Å². The van der Waals surface area contributed by atoms with Gasteiger partial charge in [0.1, 0.15) is 0 Å². The van der Waals surface area contributed by atoms with E-state index in [4.69, 9.17) is 5.73 Å². The molecule has 0 aliphatic rings. The van der Waals surface area contributed by atoms with E-state index in [2.05, 4.69) is 26.1 Å². The van der Waals surface area contributed by atoms with Gasteiger partial charge < -0.3 is 11.1 Å². The number of nitrogens with two attached hydrogens (primary N) is 1. The highest BCUT2D eigenvalue weighted by Crippen LogP contribution is 2.17. The highest BCUT2D eigenvalue weighted by molar-refractivity contribution is 4.75. The van der Waals surface area contributed by atoms with Crippen LogP contribution in [0.1, 0.15) is 65.7 Å². The molecule has 0 saturated carbocycles. The summed E-state index contributed by atoms with van der Waals surface area (Å²) in [6, 6.07) is 0. The average Bonchev–Trinajstić information content (AvgIpc) is 2.32. The minimum absolute atomic E-state index is 0.294. The predicted octanol–water partition coefficient (Wildman–Crippen LogP) is 3.31. The van der Waals surface area contributed by atoms with Gasteiger partial charge in [0.2, 0.25) is 0 Å². The molecule has 16 heavy (non-hydrogen) atoms. The van der Waals surface area contributed by atoms with E-state index < -0.39 is 0 Å². The summed E-state index contributed by atoms with van der Waals surface area (Å²) in [6.45, 7) is 9.75. The Morgan fingerprint density at radius 3 is 2.19 bits per heavy atom. The van der Waals surface area contributed by atoms with Crippen molar-refractivity contribution in [3.8, 4) is 0 Å². The SMILES string of the molecule is CCCCCCCCNCC(C)(CC)CN. The third-order valence-corrected chi connectivity index (χ3v) is 3.61. The Labute approximate surface area is 102 Å². The van der Waals surface area contributed by atoms with E-state index in [9.17, 15) is 0 Å². The van der Waals surface area contributed by atoms with Crippen LogP contribution in [0.3, 0.4) is 0 Å². The van der Waals surface area contributed by atoms with Crippen LogP contribution < -0.4 is 11.1 Å². The highest BCUT2D eigenvalue weighted by atomic mass is 14.9. The van der Waals surface area contributed by atoms with Gasteiger partial charge in [0.15, 0.2) is 0 Å². The molecule has 3 N–H and O–H groups in total. The van der Waals surface area contributed by atoms with Crippen molar-refractivity contribution >= 4 is 0 Å². The first-order chi connectivity index (χ1) is 7.68. The molecule has 0 bridgehead atoms. The molecule has 0 spiro atoms. The Morgan fingerprint density at radius 1 is 1.00 bits per heavy atom. The van der Waals surface area contributed by atoms with Gasteiger partial charge in [-0.3, -0.25) is 0 Å². The van der Waals surface area contributed by atoms with Crippen molar-refractivity contribution in [1.29, 1.82) is 0 Å². The minimum Gasteiger partial charge on any atom is -0.330 e. The first kappa shape index (κ1) is 15.9. The maximum Gasteiger partial charge on any atom is 0.00171 e. The van der Waals surface area contributed by atoms with Gasteiger partial charge in [-0.05, 0) is 31.3 Å². The second-order valence-corrected chi connectivity index (χ2v) is 5.31. The van der Waals surface area contributed by atoms with Gasteiger partial charge in [-0.15, -0.1) is 0 Å². The van der Waals surface area contributed by atoms with Crippen molar-refractivity contribution in [3.05, 3.63) is 0 Å². The molecule has 2 nitrogen and oxygen atoms in total. The fourth-order valence-corrected chi connectivity index (χ4v) is 1.76. The standard InChI is InChI=1S/C14H32N2/c1-4-6-7-8-9-10-11-16-13-14(3,5-2)12-15/h16H,4-13,15H2,1-3H3. The van der Waals surface area contributed by atoms with Crippen LogP contribution in [0, 0.1) is 5.41 Å². The van der Waals surface area contributed by atoms with E-state index in [-0.39, 0.29) is 0 Å². The summed E-state index contributed by atoms with van der Waals surface area (Å²) in [6.07, 6.45) is 9.39. The molecule has 0 radical (unpaired) electrons. The summed E-state index contributed by atoms with van der Waals surface area (Å²) in [4.78, 5) is 0. The molecule has 0 aromatic heterocycles. The van der Waals surface area contributed by atoms with Crippen molar-refractivity contribution in [3.63, 3.8) is 0 Å². The fraction of sp³-hybridized carbons (Fsp3) is 1.00. The lowest BCUT2D eigenvalue weighted by Crippen LogP contribution is -2.37. The third kappa shape index (κ3) is 8.12. The van der Waals surface area contributed by atoms with Gasteiger partial charge >= 0.3 is 0 Å². The number of unbranched alkanes of at least 4 members (excludes halogenated alkanes) is 5. The topological polar surface area (TPSA) is 38.0 Å². The van der Waals surface area contributed by atoms with Crippen LogP contribution >= 0.6 is 0 Å². The summed E-state index contributed by atoms with van der Waals surface area (Å²) in [7, 11) is 0. The average molecular weight is 228 g/mol. The zero-order valence-electron chi connectivity index (χ0n) is 11.6. The molecule has 0 heterocycles. The van der Waals surface area contributed by atoms with Gasteiger partial charge in [-0.1, -0.05) is 52.9 Å². The molecule has 0 rings (SSSR count). The normalized spacial score (nSPS) is 15.0. The number of rotatable bonds is 11. The lowest BCUT2D eigenvalue weighted by Gasteiger charge is -2.26. The predicted molar refractivity (Wildman–Crippen MR) is 73.7 cm³/mol. The summed E-state index contributed by atoms with van der Waals surface area (Å²) in [5, 5.41) is 3.54. The lowest BCUT2D eigenvalue weighted by atomic mass is 9.88. The third-order valence-electron chi connectivity index (χ3n) is 3.61. The van der Waals surface area contributed by atoms with E-state index in [0.717, 1.165) is 26.1 Å². The molecule has 2 heteroatoms. The molecule has 1 unspecified atom stereocenters. The van der Waals surface area contributed by atoms with Crippen LogP contribution in [0.5, 0.6) is 0 Å². The van der Waals surface area contributed by atoms with Crippen LogP contribution in [0.2, 0.25) is 0 Å². The lowest BCUT2D eigenvalue weighted by molar-refractivity contribution is 0.303. The first-order valence-electron chi connectivity index (χ1n) is 7.09. The second kappa shape index (κ2) is 10.1. The Hall–Kier alpha value is -0.0800. The number of hydrogen-bond donors (Lipinski definition) is 2. The molecule has 0 aromatic rings. The van der Waals surface area contributed by atoms with Crippen LogP contribution in [0.25, 0.3) is 0 Å². The molecule has 0 saturated heterocycles. The van der Waals surface area contributed by atoms with Gasteiger partial charge in [0.25, 0.3) is 0 Å². The molecule has 1 atom stereocenters. The Kier molecular flexibility index (Phi) is 10.0. The zero-order chi connectivity index (χ0) is 12.3. The molecular weight excluding hydrogens is 196 g/mol. The summed E-state index contributed by atoms with van der Waals surface area (Å²) >= 11 is 0. The van der Waals surface area contributed by atoms with Crippen molar-refractivity contribution < 1.29 is 0 Å². The smallest absolute Gasteiger partial charge is 0.00171 e. The van der Waals surface area contributed by atoms with Gasteiger partial charge in [0, 0.05) is 6.54 Å². The highest BCUT2D eigenvalue weighted by Gasteiger charge is 2.18. The van der Waals surface area contributed by atoms with Gasteiger partial charge in [-0.2, -0.15) is 0 Å². The Bertz CT molecular complexity index is 142. The van der Waals surface area contributed by atoms with Crippen molar-refractivity contribution in [2.75, 3.05) is 19.6 Å². The summed E-state index contributed by atoms with van der Waals surface area (Å²) in [5.41, 5.74) is 6.07. The maximum absolute atomic E-state index is 5.77. The molecule has 0 fully saturated rings. The second-order valence-electron chi connectivity index (χ2n) is 5.31. The van der Waals surface area contributed by atoms with Crippen LogP contribution in [-0.2, 0) is 0 Å². The van der Waals surface area contributed by atoms with Crippen LogP contribution in [0.15, 0.2) is 0 Å². The van der Waals surface area contributed by atoms with Gasteiger partial charge in [-0.25, -0.2) is 0 Å². The largest absolute Gasteiger partial charge is 0.330 e. The van der Waals surface area contributed by atoms with Crippen molar-refractivity contribution in [2.45, 2.75) is 65.7 Å². The Morgan fingerprint density at radius 2 is 1.62 bits per heavy atom. The summed E-state index contributed by atoms with van der Waals surface area (Å²) in [5.74, 6) is 0. The molecule has 0 amide bonds. The maximum atomic E-state index is 5.77. The molecule has 0 aliphatic heterocycles. The van der Waals surface area contributed by atoms with Crippen LogP contribution in [-0.4, -0.2) is 19.6 Å². The van der Waals surface area contributed by atoms with E-state index in [1.54, 1.807) is 0 Å². The summed E-state index contributed by atoms with van der Waals surface area (Å²) < 4.78 is 0. The van der Waals surface area contributed by atoms with Crippen LogP contribution in [0.4, 0.5) is 0 Å². The molecule has 0 aromatic carbocycles. The van der Waals surface area contributed by atoms with E-state index >= 15 is 0 Å². The fourth-order valence-electron chi connectivity index (χ4n) is 1.76. The van der Waals surface area contributed by atoms with Gasteiger partial charge in [0.05, 0.1) is 0 Å². The molecular formula is C14H32N2. The number of hydrogen-bond acceptors (Lipinski definition) is 2.